The van der Waals surface area contributed by atoms with Crippen LogP contribution in [0.1, 0.15) is 37.6 Å². The van der Waals surface area contributed by atoms with Crippen LogP contribution >= 0.6 is 11.3 Å². The fourth-order valence-corrected chi connectivity index (χ4v) is 2.71. The third-order valence-electron chi connectivity index (χ3n) is 2.45. The standard InChI is InChI=1S/C12H15NS/c1-3-6-9(2)12-13-10-7-4-5-8-11(10)14-12/h4-5,7-9H,3,6H2,1-2H3/t9-/m1/s1. The molecule has 0 spiro atoms. The van der Waals surface area contributed by atoms with Crippen molar-refractivity contribution in [2.45, 2.75) is 32.6 Å². The van der Waals surface area contributed by atoms with Gasteiger partial charge in [0.2, 0.25) is 0 Å². The van der Waals surface area contributed by atoms with Gasteiger partial charge in [-0.1, -0.05) is 32.4 Å². The van der Waals surface area contributed by atoms with Crippen LogP contribution in [0.2, 0.25) is 0 Å². The van der Waals surface area contributed by atoms with E-state index >= 15 is 0 Å². The van der Waals surface area contributed by atoms with Crippen molar-refractivity contribution in [3.05, 3.63) is 29.3 Å². The summed E-state index contributed by atoms with van der Waals surface area (Å²) < 4.78 is 1.31. The zero-order valence-corrected chi connectivity index (χ0v) is 9.47. The lowest BCUT2D eigenvalue weighted by Gasteiger charge is -2.03. The molecule has 14 heavy (non-hydrogen) atoms. The van der Waals surface area contributed by atoms with Crippen LogP contribution < -0.4 is 0 Å². The Hall–Kier alpha value is -0.890. The molecule has 1 aromatic carbocycles. The van der Waals surface area contributed by atoms with Crippen LogP contribution in [0.15, 0.2) is 24.3 Å². The van der Waals surface area contributed by atoms with Crippen LogP contribution in [-0.4, -0.2) is 4.98 Å². The van der Waals surface area contributed by atoms with Crippen LogP contribution in [0, 0.1) is 0 Å². The second-order valence-electron chi connectivity index (χ2n) is 3.71. The molecule has 0 aliphatic heterocycles. The van der Waals surface area contributed by atoms with Crippen molar-refractivity contribution < 1.29 is 0 Å². The van der Waals surface area contributed by atoms with Crippen molar-refractivity contribution in [1.82, 2.24) is 4.98 Å². The predicted molar refractivity (Wildman–Crippen MR) is 62.9 cm³/mol. The largest absolute Gasteiger partial charge is 0.241 e. The number of hydrogen-bond acceptors (Lipinski definition) is 2. The number of aromatic nitrogens is 1. The first-order valence-electron chi connectivity index (χ1n) is 5.16. The second kappa shape index (κ2) is 4.09. The molecule has 0 aliphatic rings. The van der Waals surface area contributed by atoms with Gasteiger partial charge in [-0.25, -0.2) is 4.98 Å². The van der Waals surface area contributed by atoms with Crippen molar-refractivity contribution >= 4 is 21.6 Å². The van der Waals surface area contributed by atoms with Crippen molar-refractivity contribution in [2.24, 2.45) is 0 Å². The minimum atomic E-state index is 0.609. The fraction of sp³-hybridized carbons (Fsp3) is 0.417. The Morgan fingerprint density at radius 3 is 2.86 bits per heavy atom. The van der Waals surface area contributed by atoms with Crippen LogP contribution in [-0.2, 0) is 0 Å². The highest BCUT2D eigenvalue weighted by molar-refractivity contribution is 7.18. The zero-order valence-electron chi connectivity index (χ0n) is 8.66. The van der Waals surface area contributed by atoms with Gasteiger partial charge in [-0.05, 0) is 18.6 Å². The average molecular weight is 205 g/mol. The summed E-state index contributed by atoms with van der Waals surface area (Å²) in [5, 5.41) is 1.29. The van der Waals surface area contributed by atoms with Crippen molar-refractivity contribution in [2.75, 3.05) is 0 Å². The summed E-state index contributed by atoms with van der Waals surface area (Å²) in [5.41, 5.74) is 1.15. The van der Waals surface area contributed by atoms with E-state index in [1.54, 1.807) is 0 Å². The molecule has 0 bridgehead atoms. The Kier molecular flexibility index (Phi) is 2.82. The molecule has 1 atom stereocenters. The maximum absolute atomic E-state index is 4.65. The monoisotopic (exact) mass is 205 g/mol. The van der Waals surface area contributed by atoms with Gasteiger partial charge in [0.25, 0.3) is 0 Å². The van der Waals surface area contributed by atoms with Gasteiger partial charge >= 0.3 is 0 Å². The first-order valence-corrected chi connectivity index (χ1v) is 5.98. The normalized spacial score (nSPS) is 13.3. The molecule has 0 fully saturated rings. The van der Waals surface area contributed by atoms with E-state index in [0.29, 0.717) is 5.92 Å². The molecule has 0 N–H and O–H groups in total. The van der Waals surface area contributed by atoms with Crippen LogP contribution in [0.5, 0.6) is 0 Å². The van der Waals surface area contributed by atoms with E-state index in [9.17, 15) is 0 Å². The molecule has 0 saturated heterocycles. The van der Waals surface area contributed by atoms with E-state index in [2.05, 4.69) is 43.1 Å². The van der Waals surface area contributed by atoms with Gasteiger partial charge < -0.3 is 0 Å². The number of benzene rings is 1. The maximum Gasteiger partial charge on any atom is 0.0966 e. The quantitative estimate of drug-likeness (QED) is 0.731. The third kappa shape index (κ3) is 1.80. The van der Waals surface area contributed by atoms with E-state index in [1.807, 2.05) is 11.3 Å². The highest BCUT2D eigenvalue weighted by atomic mass is 32.1. The van der Waals surface area contributed by atoms with Gasteiger partial charge in [-0.3, -0.25) is 0 Å². The molecular weight excluding hydrogens is 190 g/mol. The smallest absolute Gasteiger partial charge is 0.0966 e. The second-order valence-corrected chi connectivity index (χ2v) is 4.77. The van der Waals surface area contributed by atoms with E-state index in [1.165, 1.54) is 22.5 Å². The summed E-state index contributed by atoms with van der Waals surface area (Å²) in [5.74, 6) is 0.609. The van der Waals surface area contributed by atoms with Gasteiger partial charge in [0.15, 0.2) is 0 Å². The van der Waals surface area contributed by atoms with E-state index in [0.717, 1.165) is 5.52 Å². The lowest BCUT2D eigenvalue weighted by atomic mass is 10.1. The number of para-hydroxylation sites is 1. The first kappa shape index (κ1) is 9.66. The molecule has 0 aliphatic carbocycles. The fourth-order valence-electron chi connectivity index (χ4n) is 1.66. The van der Waals surface area contributed by atoms with Crippen molar-refractivity contribution in [3.63, 3.8) is 0 Å². The minimum absolute atomic E-state index is 0.609. The summed E-state index contributed by atoms with van der Waals surface area (Å²) in [6.45, 7) is 4.49. The molecule has 0 radical (unpaired) electrons. The minimum Gasteiger partial charge on any atom is -0.241 e. The van der Waals surface area contributed by atoms with Crippen LogP contribution in [0.4, 0.5) is 0 Å². The SMILES string of the molecule is CCC[C@@H](C)c1nc2ccccc2s1. The van der Waals surface area contributed by atoms with Gasteiger partial charge in [-0.15, -0.1) is 11.3 Å². The molecule has 0 unspecified atom stereocenters. The van der Waals surface area contributed by atoms with Crippen molar-refractivity contribution in [1.29, 1.82) is 0 Å². The maximum atomic E-state index is 4.65. The molecule has 1 heterocycles. The Bertz CT molecular complexity index is 386. The lowest BCUT2D eigenvalue weighted by molar-refractivity contribution is 0.662. The molecule has 1 nitrogen and oxygen atoms in total. The number of rotatable bonds is 3. The predicted octanol–water partition coefficient (Wildman–Crippen LogP) is 4.20. The molecule has 0 amide bonds. The number of nitrogens with zero attached hydrogens (tertiary/aromatic N) is 1. The van der Waals surface area contributed by atoms with Crippen LogP contribution in [0.25, 0.3) is 10.2 Å². The summed E-state index contributed by atoms with van der Waals surface area (Å²) in [6, 6.07) is 8.37. The van der Waals surface area contributed by atoms with Crippen LogP contribution in [0.3, 0.4) is 0 Å². The number of hydrogen-bond donors (Lipinski definition) is 0. The van der Waals surface area contributed by atoms with Gasteiger partial charge in [0, 0.05) is 5.92 Å². The number of thiazole rings is 1. The molecule has 0 saturated carbocycles. The van der Waals surface area contributed by atoms with Crippen molar-refractivity contribution in [3.8, 4) is 0 Å². The first-order chi connectivity index (χ1) is 6.81. The Morgan fingerprint density at radius 2 is 2.14 bits per heavy atom. The summed E-state index contributed by atoms with van der Waals surface area (Å²) in [6.07, 6.45) is 2.47. The molecule has 1 aromatic heterocycles. The van der Waals surface area contributed by atoms with Gasteiger partial charge in [0.05, 0.1) is 15.2 Å². The molecule has 74 valence electrons. The highest BCUT2D eigenvalue weighted by Gasteiger charge is 2.09. The number of fused-ring (bicyclic) bond motifs is 1. The van der Waals surface area contributed by atoms with Gasteiger partial charge in [0.1, 0.15) is 0 Å². The third-order valence-corrected chi connectivity index (χ3v) is 3.72. The van der Waals surface area contributed by atoms with E-state index in [-0.39, 0.29) is 0 Å². The summed E-state index contributed by atoms with van der Waals surface area (Å²) >= 11 is 1.83. The zero-order chi connectivity index (χ0) is 9.97. The van der Waals surface area contributed by atoms with E-state index < -0.39 is 0 Å². The average Bonchev–Trinajstić information content (AvgIpc) is 2.61. The summed E-state index contributed by atoms with van der Waals surface area (Å²) in [7, 11) is 0. The Balaban J connectivity index is 2.35. The van der Waals surface area contributed by atoms with E-state index in [4.69, 9.17) is 0 Å². The summed E-state index contributed by atoms with van der Waals surface area (Å²) in [4.78, 5) is 4.65. The lowest BCUT2D eigenvalue weighted by Crippen LogP contribution is -1.90. The molecule has 2 heteroatoms. The Labute approximate surface area is 88.8 Å². The van der Waals surface area contributed by atoms with Gasteiger partial charge in [-0.2, -0.15) is 0 Å². The highest BCUT2D eigenvalue weighted by Crippen LogP contribution is 2.29. The Morgan fingerprint density at radius 1 is 1.36 bits per heavy atom. The molecule has 2 rings (SSSR count). The molecule has 2 aromatic rings. The topological polar surface area (TPSA) is 12.9 Å². The molecular formula is C12H15NS.